The second-order valence-corrected chi connectivity index (χ2v) is 15.8. The Balaban J connectivity index is 0.838. The molecule has 12 nitrogen and oxygen atoms in total. The van der Waals surface area contributed by atoms with E-state index in [0.29, 0.717) is 28.4 Å². The number of aliphatic hydroxyl groups excluding tert-OH is 1. The molecule has 2 aromatic heterocycles. The predicted octanol–water partition coefficient (Wildman–Crippen LogP) is 7.76. The van der Waals surface area contributed by atoms with Gasteiger partial charge in [-0.2, -0.15) is 18.3 Å². The molecule has 2 aliphatic rings. The standard InChI is InChI=1S/C44H47F3N6O6/c1-43(2,58)32-23-34-28(22-35(32)50-40(55)33-10-7-12-37(49-33)44(45,46)47)25-53(52-34)29-17-13-27(14-18-29)24-48-21-5-3-4-8-26-15-19-30(20-16-26)59-36-11-6-9-31-38(36)41(56)51-42(57)39(31)54/h6-7,9-12,15-16,19-20,22-23,25,27,29,40,48,50,55,58H,3-5,8,13-14,17-18,21,24H2,1-2H3,(H,51,56,57). The van der Waals surface area contributed by atoms with Crippen molar-refractivity contribution in [1.82, 2.24) is 25.4 Å². The van der Waals surface area contributed by atoms with Crippen molar-refractivity contribution >= 4 is 34.2 Å². The number of aromatic nitrogens is 3. The van der Waals surface area contributed by atoms with Crippen LogP contribution in [0.1, 0.15) is 114 Å². The van der Waals surface area contributed by atoms with Crippen LogP contribution in [0.2, 0.25) is 0 Å². The summed E-state index contributed by atoms with van der Waals surface area (Å²) in [5.74, 6) is -1.06. The second kappa shape index (κ2) is 17.3. The largest absolute Gasteiger partial charge is 0.457 e. The summed E-state index contributed by atoms with van der Waals surface area (Å²) in [6.45, 7) is 5.10. The Labute approximate surface area is 339 Å². The minimum atomic E-state index is -4.65. The molecular weight excluding hydrogens is 766 g/mol. The van der Waals surface area contributed by atoms with Crippen molar-refractivity contribution in [3.63, 3.8) is 0 Å². The molecule has 1 atom stereocenters. The molecule has 15 heteroatoms. The summed E-state index contributed by atoms with van der Waals surface area (Å²) in [5, 5.41) is 36.0. The molecule has 3 heterocycles. The van der Waals surface area contributed by atoms with Gasteiger partial charge in [-0.3, -0.25) is 24.4 Å². The van der Waals surface area contributed by atoms with Crippen LogP contribution in [0.15, 0.2) is 79.0 Å². The minimum absolute atomic E-state index is 0.0340. The number of aryl methyl sites for hydroxylation is 1. The minimum Gasteiger partial charge on any atom is -0.457 e. The molecular formula is C44H47F3N6O6. The number of imide groups is 1. The number of Topliss-reactive ketones (excluding diaryl/α,β-unsaturated/α-hetero) is 1. The van der Waals surface area contributed by atoms with Crippen LogP contribution in [0, 0.1) is 5.92 Å². The van der Waals surface area contributed by atoms with Gasteiger partial charge in [0, 0.05) is 28.4 Å². The van der Waals surface area contributed by atoms with Gasteiger partial charge in [-0.05, 0) is 132 Å². The van der Waals surface area contributed by atoms with E-state index in [9.17, 15) is 37.8 Å². The van der Waals surface area contributed by atoms with E-state index in [1.807, 2.05) is 35.1 Å². The van der Waals surface area contributed by atoms with Crippen molar-refractivity contribution in [3.8, 4) is 11.5 Å². The first kappa shape index (κ1) is 41.5. The summed E-state index contributed by atoms with van der Waals surface area (Å²) in [6.07, 6.45) is 3.91. The third kappa shape index (κ3) is 9.81. The van der Waals surface area contributed by atoms with Gasteiger partial charge in [-0.25, -0.2) is 4.98 Å². The molecule has 1 aliphatic heterocycles. The monoisotopic (exact) mass is 812 g/mol. The van der Waals surface area contributed by atoms with E-state index in [1.54, 1.807) is 38.1 Å². The maximum Gasteiger partial charge on any atom is 0.433 e. The van der Waals surface area contributed by atoms with Crippen molar-refractivity contribution in [2.45, 2.75) is 89.3 Å². The Morgan fingerprint density at radius 3 is 2.41 bits per heavy atom. The average molecular weight is 813 g/mol. The van der Waals surface area contributed by atoms with E-state index in [2.05, 4.69) is 20.9 Å². The summed E-state index contributed by atoms with van der Waals surface area (Å²) >= 11 is 0. The van der Waals surface area contributed by atoms with Crippen LogP contribution in [-0.2, 0) is 23.0 Å². The van der Waals surface area contributed by atoms with Crippen LogP contribution in [-0.4, -0.2) is 55.7 Å². The molecule has 59 heavy (non-hydrogen) atoms. The molecule has 310 valence electrons. The number of amides is 2. The Morgan fingerprint density at radius 2 is 1.68 bits per heavy atom. The topological polar surface area (TPSA) is 168 Å². The first-order valence-corrected chi connectivity index (χ1v) is 19.9. The van der Waals surface area contributed by atoms with Gasteiger partial charge in [0.25, 0.3) is 17.6 Å². The number of hydrogen-bond donors (Lipinski definition) is 5. The summed E-state index contributed by atoms with van der Waals surface area (Å²) in [6, 6.07) is 19.3. The number of anilines is 1. The van der Waals surface area contributed by atoms with E-state index >= 15 is 0 Å². The Hall–Kier alpha value is -5.64. The smallest absolute Gasteiger partial charge is 0.433 e. The SMILES string of the molecule is CC(C)(O)c1cc2nn(C3CCC(CNCCCCCc4ccc(Oc5cccc6c5C(=O)NC(=O)C6=O)cc4)CC3)cc2cc1NC(O)c1cccc(C(F)(F)F)n1. The third-order valence-corrected chi connectivity index (χ3v) is 11.0. The van der Waals surface area contributed by atoms with Gasteiger partial charge in [0.1, 0.15) is 17.2 Å². The molecule has 3 aromatic carbocycles. The van der Waals surface area contributed by atoms with Crippen LogP contribution in [0.3, 0.4) is 0 Å². The summed E-state index contributed by atoms with van der Waals surface area (Å²) in [5.41, 5.74) is 0.110. The van der Waals surface area contributed by atoms with Gasteiger partial charge >= 0.3 is 6.18 Å². The first-order valence-electron chi connectivity index (χ1n) is 19.9. The van der Waals surface area contributed by atoms with Crippen LogP contribution < -0.4 is 20.7 Å². The highest BCUT2D eigenvalue weighted by atomic mass is 19.4. The normalized spacial score (nSPS) is 17.8. The van der Waals surface area contributed by atoms with Crippen molar-refractivity contribution < 1.29 is 42.5 Å². The molecule has 1 fully saturated rings. The van der Waals surface area contributed by atoms with E-state index < -0.39 is 41.3 Å². The van der Waals surface area contributed by atoms with Crippen molar-refractivity contribution in [3.05, 3.63) is 113 Å². The van der Waals surface area contributed by atoms with E-state index in [1.165, 1.54) is 23.8 Å². The zero-order chi connectivity index (χ0) is 41.9. The number of carbonyl (C=O) groups excluding carboxylic acids is 3. The average Bonchev–Trinajstić information content (AvgIpc) is 3.62. The Kier molecular flexibility index (Phi) is 12.2. The molecule has 1 aliphatic carbocycles. The molecule has 7 rings (SSSR count). The zero-order valence-electron chi connectivity index (χ0n) is 32.8. The number of fused-ring (bicyclic) bond motifs is 2. The molecule has 5 aromatic rings. The highest BCUT2D eigenvalue weighted by molar-refractivity contribution is 6.49. The number of benzene rings is 3. The molecule has 0 radical (unpaired) electrons. The zero-order valence-corrected chi connectivity index (χ0v) is 32.8. The van der Waals surface area contributed by atoms with E-state index in [-0.39, 0.29) is 28.6 Å². The molecule has 0 bridgehead atoms. The summed E-state index contributed by atoms with van der Waals surface area (Å²) in [7, 11) is 0. The molecule has 2 amide bonds. The van der Waals surface area contributed by atoms with Gasteiger partial charge in [-0.1, -0.05) is 30.7 Å². The van der Waals surface area contributed by atoms with Crippen molar-refractivity contribution in [1.29, 1.82) is 0 Å². The summed E-state index contributed by atoms with van der Waals surface area (Å²) < 4.78 is 47.6. The number of alkyl halides is 3. The number of carbonyl (C=O) groups is 3. The molecule has 0 saturated heterocycles. The molecule has 0 spiro atoms. The van der Waals surface area contributed by atoms with Gasteiger partial charge < -0.3 is 25.6 Å². The lowest BCUT2D eigenvalue weighted by atomic mass is 9.86. The highest BCUT2D eigenvalue weighted by Crippen LogP contribution is 2.37. The number of aliphatic hydroxyl groups is 2. The van der Waals surface area contributed by atoms with Crippen LogP contribution in [0.5, 0.6) is 11.5 Å². The van der Waals surface area contributed by atoms with Gasteiger partial charge in [-0.15, -0.1) is 0 Å². The van der Waals surface area contributed by atoms with E-state index in [4.69, 9.17) is 9.84 Å². The number of ether oxygens (including phenoxy) is 1. The van der Waals surface area contributed by atoms with Crippen LogP contribution >= 0.6 is 0 Å². The van der Waals surface area contributed by atoms with Crippen molar-refractivity contribution in [2.75, 3.05) is 18.4 Å². The number of nitrogens with one attached hydrogen (secondary N) is 3. The predicted molar refractivity (Wildman–Crippen MR) is 214 cm³/mol. The van der Waals surface area contributed by atoms with Crippen LogP contribution in [0.4, 0.5) is 18.9 Å². The first-order chi connectivity index (χ1) is 28.1. The molecule has 1 unspecified atom stereocenters. The number of ketones is 1. The van der Waals surface area contributed by atoms with Crippen LogP contribution in [0.25, 0.3) is 10.9 Å². The number of hydrogen-bond acceptors (Lipinski definition) is 10. The molecule has 5 N–H and O–H groups in total. The highest BCUT2D eigenvalue weighted by Gasteiger charge is 2.34. The quantitative estimate of drug-likeness (QED) is 0.0305. The number of unbranched alkanes of at least 4 members (excludes halogenated alkanes) is 2. The van der Waals surface area contributed by atoms with Crippen molar-refractivity contribution in [2.24, 2.45) is 5.92 Å². The molecule has 1 saturated carbocycles. The third-order valence-electron chi connectivity index (χ3n) is 11.0. The maximum atomic E-state index is 13.2. The Bertz CT molecular complexity index is 2330. The van der Waals surface area contributed by atoms with Gasteiger partial charge in [0.05, 0.1) is 28.4 Å². The number of rotatable bonds is 15. The van der Waals surface area contributed by atoms with Gasteiger partial charge in [0.2, 0.25) is 0 Å². The second-order valence-electron chi connectivity index (χ2n) is 15.8. The summed E-state index contributed by atoms with van der Waals surface area (Å²) in [4.78, 5) is 39.9. The van der Waals surface area contributed by atoms with Gasteiger partial charge in [0.15, 0.2) is 6.23 Å². The maximum absolute atomic E-state index is 13.2. The fourth-order valence-corrected chi connectivity index (χ4v) is 7.80. The number of pyridine rings is 1. The Morgan fingerprint density at radius 1 is 0.932 bits per heavy atom. The number of nitrogens with zero attached hydrogens (tertiary/aromatic N) is 3. The fraction of sp³-hybridized carbons (Fsp3) is 0.386. The lowest BCUT2D eigenvalue weighted by Crippen LogP contribution is -2.42. The van der Waals surface area contributed by atoms with E-state index in [0.717, 1.165) is 75.9 Å². The number of halogens is 3. The lowest BCUT2D eigenvalue weighted by Gasteiger charge is -2.28. The fourth-order valence-electron chi connectivity index (χ4n) is 7.80. The lowest BCUT2D eigenvalue weighted by molar-refractivity contribution is -0.141.